The van der Waals surface area contributed by atoms with E-state index >= 15 is 0 Å². The number of rotatable bonds is 8. The molecule has 3 aromatic rings. The zero-order valence-electron chi connectivity index (χ0n) is 17.2. The van der Waals surface area contributed by atoms with E-state index in [0.29, 0.717) is 35.1 Å². The average Bonchev–Trinajstić information content (AvgIpc) is 3.38. The fraction of sp³-hybridized carbons (Fsp3) is 0.250. The van der Waals surface area contributed by atoms with Gasteiger partial charge in [-0.1, -0.05) is 24.3 Å². The first-order valence-electron chi connectivity index (χ1n) is 10.1. The van der Waals surface area contributed by atoms with Crippen LogP contribution in [0.25, 0.3) is 0 Å². The quantitative estimate of drug-likeness (QED) is 0.407. The summed E-state index contributed by atoms with van der Waals surface area (Å²) in [6, 6.07) is 16.5. The van der Waals surface area contributed by atoms with Gasteiger partial charge >= 0.3 is 5.97 Å². The van der Waals surface area contributed by atoms with Gasteiger partial charge in [0.15, 0.2) is 0 Å². The van der Waals surface area contributed by atoms with Crippen molar-refractivity contribution in [2.75, 3.05) is 25.6 Å². The van der Waals surface area contributed by atoms with Crippen LogP contribution in [0.15, 0.2) is 54.6 Å². The minimum Gasteiger partial charge on any atom is -0.490 e. The van der Waals surface area contributed by atoms with Crippen molar-refractivity contribution in [2.24, 2.45) is 0 Å². The molecule has 0 spiro atoms. The number of fused-ring (bicyclic) bond motifs is 1. The van der Waals surface area contributed by atoms with Crippen molar-refractivity contribution < 1.29 is 23.8 Å². The number of carbonyl (C=O) groups is 2. The smallest absolute Gasteiger partial charge is 0.341 e. The number of amides is 1. The molecule has 0 saturated heterocycles. The van der Waals surface area contributed by atoms with Gasteiger partial charge in [0.2, 0.25) is 0 Å². The zero-order chi connectivity index (χ0) is 21.6. The summed E-state index contributed by atoms with van der Waals surface area (Å²) >= 11 is 1.45. The van der Waals surface area contributed by atoms with Gasteiger partial charge in [0.05, 0.1) is 12.7 Å². The van der Waals surface area contributed by atoms with Gasteiger partial charge in [-0.3, -0.25) is 4.79 Å². The van der Waals surface area contributed by atoms with E-state index in [9.17, 15) is 9.59 Å². The number of para-hydroxylation sites is 1. The molecule has 1 heterocycles. The second kappa shape index (κ2) is 9.66. The van der Waals surface area contributed by atoms with Crippen molar-refractivity contribution in [1.82, 2.24) is 0 Å². The van der Waals surface area contributed by atoms with Crippen LogP contribution in [-0.2, 0) is 17.6 Å². The first kappa shape index (κ1) is 20.9. The summed E-state index contributed by atoms with van der Waals surface area (Å²) in [5.41, 5.74) is 1.94. The first-order chi connectivity index (χ1) is 15.2. The third-order valence-electron chi connectivity index (χ3n) is 5.00. The van der Waals surface area contributed by atoms with E-state index in [0.717, 1.165) is 35.5 Å². The minimum atomic E-state index is -0.412. The summed E-state index contributed by atoms with van der Waals surface area (Å²) in [7, 11) is 1.36. The molecule has 1 amide bonds. The number of thiophene rings is 1. The predicted molar refractivity (Wildman–Crippen MR) is 120 cm³/mol. The summed E-state index contributed by atoms with van der Waals surface area (Å²) in [6.45, 7) is 0.744. The predicted octanol–water partition coefficient (Wildman–Crippen LogP) is 4.73. The topological polar surface area (TPSA) is 73.9 Å². The highest BCUT2D eigenvalue weighted by atomic mass is 32.1. The van der Waals surface area contributed by atoms with Gasteiger partial charge in [-0.25, -0.2) is 4.79 Å². The molecule has 7 heteroatoms. The molecule has 0 bridgehead atoms. The van der Waals surface area contributed by atoms with Gasteiger partial charge < -0.3 is 19.5 Å². The third-order valence-corrected chi connectivity index (χ3v) is 6.21. The normalized spacial score (nSPS) is 12.2. The minimum absolute atomic E-state index is 0.295. The van der Waals surface area contributed by atoms with E-state index in [1.165, 1.54) is 18.4 Å². The van der Waals surface area contributed by atoms with Gasteiger partial charge in [0.1, 0.15) is 29.7 Å². The molecular weight excluding hydrogens is 414 g/mol. The number of nitrogens with one attached hydrogen (secondary N) is 1. The highest BCUT2D eigenvalue weighted by Gasteiger charge is 2.28. The van der Waals surface area contributed by atoms with Crippen molar-refractivity contribution in [2.45, 2.75) is 19.3 Å². The Bertz CT molecular complexity index is 1080. The Morgan fingerprint density at radius 2 is 1.71 bits per heavy atom. The lowest BCUT2D eigenvalue weighted by atomic mass is 10.1. The van der Waals surface area contributed by atoms with E-state index in [2.05, 4.69) is 5.32 Å². The Balaban J connectivity index is 1.39. The highest BCUT2D eigenvalue weighted by molar-refractivity contribution is 7.17. The fourth-order valence-electron chi connectivity index (χ4n) is 3.55. The number of anilines is 1. The van der Waals surface area contributed by atoms with Crippen LogP contribution in [-0.4, -0.2) is 32.2 Å². The van der Waals surface area contributed by atoms with Crippen molar-refractivity contribution in [3.05, 3.63) is 76.2 Å². The van der Waals surface area contributed by atoms with Gasteiger partial charge in [0, 0.05) is 10.4 Å². The standard InChI is InChI=1S/C24H23NO5S/c1-28-24(27)21-19-11-6-12-20(19)31-23(21)25-22(26)16-7-5-10-18(15-16)30-14-13-29-17-8-3-2-4-9-17/h2-5,7-10,15H,6,11-14H2,1H3,(H,25,26). The number of hydrogen-bond donors (Lipinski definition) is 1. The molecule has 1 aliphatic carbocycles. The van der Waals surface area contributed by atoms with Gasteiger partial charge in [0.25, 0.3) is 5.91 Å². The molecular formula is C24H23NO5S. The lowest BCUT2D eigenvalue weighted by Crippen LogP contribution is -2.15. The average molecular weight is 438 g/mol. The number of methoxy groups -OCH3 is 1. The van der Waals surface area contributed by atoms with E-state index in [1.54, 1.807) is 24.3 Å². The molecule has 1 aromatic heterocycles. The monoisotopic (exact) mass is 437 g/mol. The SMILES string of the molecule is COC(=O)c1c(NC(=O)c2cccc(OCCOc3ccccc3)c2)sc2c1CCC2. The third kappa shape index (κ3) is 4.88. The molecule has 0 fully saturated rings. The molecule has 0 saturated carbocycles. The number of carbonyl (C=O) groups excluding carboxylic acids is 2. The maximum absolute atomic E-state index is 12.8. The summed E-state index contributed by atoms with van der Waals surface area (Å²) in [5, 5.41) is 3.43. The molecule has 0 aliphatic heterocycles. The number of ether oxygens (including phenoxy) is 3. The molecule has 6 nitrogen and oxygen atoms in total. The molecule has 31 heavy (non-hydrogen) atoms. The Kier molecular flexibility index (Phi) is 6.52. The van der Waals surface area contributed by atoms with Crippen molar-refractivity contribution >= 4 is 28.2 Å². The summed E-state index contributed by atoms with van der Waals surface area (Å²) in [4.78, 5) is 26.3. The molecule has 0 radical (unpaired) electrons. The van der Waals surface area contributed by atoms with Crippen molar-refractivity contribution in [3.8, 4) is 11.5 Å². The molecule has 4 rings (SSSR count). The van der Waals surface area contributed by atoms with Crippen LogP contribution >= 0.6 is 11.3 Å². The van der Waals surface area contributed by atoms with Gasteiger partial charge in [-0.2, -0.15) is 0 Å². The molecule has 1 N–H and O–H groups in total. The van der Waals surface area contributed by atoms with Crippen molar-refractivity contribution in [3.63, 3.8) is 0 Å². The first-order valence-corrected chi connectivity index (χ1v) is 10.9. The summed E-state index contributed by atoms with van der Waals surface area (Å²) in [6.07, 6.45) is 2.78. The van der Waals surface area contributed by atoms with Crippen LogP contribution < -0.4 is 14.8 Å². The van der Waals surface area contributed by atoms with Crippen LogP contribution in [0.4, 0.5) is 5.00 Å². The summed E-state index contributed by atoms with van der Waals surface area (Å²) < 4.78 is 16.3. The van der Waals surface area contributed by atoms with Crippen LogP contribution in [0.1, 0.15) is 37.6 Å². The molecule has 2 aromatic carbocycles. The lowest BCUT2D eigenvalue weighted by Gasteiger charge is -2.10. The number of esters is 1. The van der Waals surface area contributed by atoms with Crippen LogP contribution in [0.2, 0.25) is 0 Å². The van der Waals surface area contributed by atoms with E-state index < -0.39 is 5.97 Å². The molecule has 1 aliphatic rings. The Morgan fingerprint density at radius 1 is 0.968 bits per heavy atom. The summed E-state index contributed by atoms with van der Waals surface area (Å²) in [5.74, 6) is 0.649. The van der Waals surface area contributed by atoms with Gasteiger partial charge in [-0.15, -0.1) is 11.3 Å². The Morgan fingerprint density at radius 3 is 2.48 bits per heavy atom. The van der Waals surface area contributed by atoms with Gasteiger partial charge in [-0.05, 0) is 55.2 Å². The molecule has 0 unspecified atom stereocenters. The number of hydrogen-bond acceptors (Lipinski definition) is 6. The van der Waals surface area contributed by atoms with Crippen LogP contribution in [0.5, 0.6) is 11.5 Å². The molecule has 160 valence electrons. The van der Waals surface area contributed by atoms with E-state index in [1.807, 2.05) is 30.3 Å². The zero-order valence-corrected chi connectivity index (χ0v) is 18.0. The Hall–Kier alpha value is -3.32. The highest BCUT2D eigenvalue weighted by Crippen LogP contribution is 2.39. The fourth-order valence-corrected chi connectivity index (χ4v) is 4.82. The largest absolute Gasteiger partial charge is 0.490 e. The van der Waals surface area contributed by atoms with E-state index in [4.69, 9.17) is 14.2 Å². The maximum atomic E-state index is 12.8. The maximum Gasteiger partial charge on any atom is 0.341 e. The number of aryl methyl sites for hydroxylation is 1. The van der Waals surface area contributed by atoms with E-state index in [-0.39, 0.29) is 5.91 Å². The Labute approximate surface area is 184 Å². The second-order valence-electron chi connectivity index (χ2n) is 7.04. The van der Waals surface area contributed by atoms with Crippen LogP contribution in [0.3, 0.4) is 0 Å². The number of benzene rings is 2. The lowest BCUT2D eigenvalue weighted by molar-refractivity contribution is 0.0601. The second-order valence-corrected chi connectivity index (χ2v) is 8.15. The van der Waals surface area contributed by atoms with Crippen molar-refractivity contribution in [1.29, 1.82) is 0 Å². The molecule has 0 atom stereocenters. The van der Waals surface area contributed by atoms with Crippen LogP contribution in [0, 0.1) is 0 Å².